The maximum Gasteiger partial charge on any atom is 0.407 e. The van der Waals surface area contributed by atoms with Gasteiger partial charge in [0.05, 0.1) is 12.0 Å². The molecule has 4 rings (SSSR count). The highest BCUT2D eigenvalue weighted by molar-refractivity contribution is 6.67. The smallest absolute Gasteiger partial charge is 0.407 e. The molecule has 0 aromatic rings. The first-order valence-electron chi connectivity index (χ1n) is 11.4. The second kappa shape index (κ2) is 8.29. The number of alkyl halides is 3. The molecule has 174 valence electrons. The first-order chi connectivity index (χ1) is 14.5. The highest BCUT2D eigenvalue weighted by Crippen LogP contribution is 2.66. The molecule has 3 fully saturated rings. The third-order valence-electron chi connectivity index (χ3n) is 9.32. The number of rotatable bonds is 3. The lowest BCUT2D eigenvalue weighted by Crippen LogP contribution is -2.60. The van der Waals surface area contributed by atoms with Gasteiger partial charge in [-0.1, -0.05) is 60.8 Å². The second-order valence-corrected chi connectivity index (χ2v) is 13.0. The van der Waals surface area contributed by atoms with Gasteiger partial charge in [0.1, 0.15) is 6.61 Å². The largest absolute Gasteiger partial charge is 0.481 e. The maximum absolute atomic E-state index is 12.5. The van der Waals surface area contributed by atoms with Gasteiger partial charge in [-0.15, -0.1) is 0 Å². The zero-order valence-electron chi connectivity index (χ0n) is 18.1. The van der Waals surface area contributed by atoms with E-state index >= 15 is 0 Å². The van der Waals surface area contributed by atoms with Crippen LogP contribution in [0, 0.1) is 40.4 Å². The van der Waals surface area contributed by atoms with Crippen molar-refractivity contribution in [2.24, 2.45) is 40.4 Å². The van der Waals surface area contributed by atoms with E-state index in [0.29, 0.717) is 23.7 Å². The summed E-state index contributed by atoms with van der Waals surface area (Å²) in [5.74, 6) is 0.991. The Balaban J connectivity index is 1.55. The van der Waals surface area contributed by atoms with Gasteiger partial charge in [-0.2, -0.15) is 0 Å². The molecule has 3 saturated carbocycles. The Morgan fingerprint density at radius 2 is 1.87 bits per heavy atom. The number of allylic oxidation sites excluding steroid dienone is 1. The number of carboxylic acids is 1. The van der Waals surface area contributed by atoms with E-state index in [1.54, 1.807) is 0 Å². The molecule has 4 aliphatic rings. The Morgan fingerprint density at radius 3 is 2.55 bits per heavy atom. The first-order valence-corrected chi connectivity index (χ1v) is 12.5. The van der Waals surface area contributed by atoms with Crippen LogP contribution in [0.2, 0.25) is 0 Å². The molecular weight excluding hydrogens is 461 g/mol. The number of hydrogen-bond acceptors (Lipinski definition) is 3. The van der Waals surface area contributed by atoms with E-state index in [4.69, 9.17) is 39.5 Å². The number of ether oxygens (including phenoxy) is 1. The maximum atomic E-state index is 12.5. The van der Waals surface area contributed by atoms with Crippen molar-refractivity contribution in [3.05, 3.63) is 12.2 Å². The number of alkyl carbamates (subject to hydrolysis) is 1. The fourth-order valence-corrected chi connectivity index (χ4v) is 8.00. The molecule has 1 amide bonds. The molecule has 0 spiro atoms. The Morgan fingerprint density at radius 1 is 1.13 bits per heavy atom. The number of halogens is 3. The Kier molecular flexibility index (Phi) is 6.28. The summed E-state index contributed by atoms with van der Waals surface area (Å²) in [6, 6.07) is -0.150. The molecule has 0 heterocycles. The van der Waals surface area contributed by atoms with Crippen molar-refractivity contribution in [3.8, 4) is 0 Å². The van der Waals surface area contributed by atoms with Crippen LogP contribution in [-0.4, -0.2) is 33.6 Å². The van der Waals surface area contributed by atoms with E-state index in [2.05, 4.69) is 31.3 Å². The van der Waals surface area contributed by atoms with Crippen molar-refractivity contribution in [2.45, 2.75) is 68.6 Å². The van der Waals surface area contributed by atoms with Gasteiger partial charge in [0.2, 0.25) is 3.79 Å². The van der Waals surface area contributed by atoms with Crippen LogP contribution in [0.4, 0.5) is 4.79 Å². The predicted molar refractivity (Wildman–Crippen MR) is 121 cm³/mol. The molecular formula is C23H32Cl3NO4. The molecule has 8 atom stereocenters. The highest BCUT2D eigenvalue weighted by Gasteiger charge is 2.62. The monoisotopic (exact) mass is 491 g/mol. The fourth-order valence-electron chi connectivity index (χ4n) is 7.84. The van der Waals surface area contributed by atoms with E-state index in [1.807, 2.05) is 0 Å². The number of amides is 1. The summed E-state index contributed by atoms with van der Waals surface area (Å²) in [5, 5.41) is 12.8. The summed E-state index contributed by atoms with van der Waals surface area (Å²) >= 11 is 17.2. The van der Waals surface area contributed by atoms with Gasteiger partial charge in [0, 0.05) is 0 Å². The minimum Gasteiger partial charge on any atom is -0.481 e. The van der Waals surface area contributed by atoms with Crippen LogP contribution in [0.15, 0.2) is 12.2 Å². The Bertz CT molecular complexity index is 768. The van der Waals surface area contributed by atoms with Crippen molar-refractivity contribution in [1.29, 1.82) is 0 Å². The molecule has 0 aromatic carbocycles. The Hall–Kier alpha value is -0.650. The summed E-state index contributed by atoms with van der Waals surface area (Å²) in [6.07, 6.45) is 10.7. The average Bonchev–Trinajstić information content (AvgIpc) is 3.04. The normalized spacial score (nSPS) is 44.0. The van der Waals surface area contributed by atoms with Crippen molar-refractivity contribution in [2.75, 3.05) is 6.61 Å². The predicted octanol–water partition coefficient (Wildman–Crippen LogP) is 5.97. The standard InChI is InChI=1S/C23H32Cl3NO4/c1-21-11-10-16-14(15(21)8-9-17(21)19(28)29)7-6-13-4-3-5-18(22(13,16)2)27-20(30)31-12-23(24,25)26/h3,5,13-18H,4,6-12H2,1-2H3,(H,27,30)(H,28,29)/t13-,14+,15+,16+,17-,18+,21+,22+/m1/s1. The van der Waals surface area contributed by atoms with Crippen LogP contribution >= 0.6 is 34.8 Å². The number of fused-ring (bicyclic) bond motifs is 5. The average molecular weight is 493 g/mol. The molecule has 5 nitrogen and oxygen atoms in total. The molecule has 0 bridgehead atoms. The first kappa shape index (κ1) is 23.5. The lowest BCUT2D eigenvalue weighted by molar-refractivity contribution is -0.151. The quantitative estimate of drug-likeness (QED) is 0.376. The number of nitrogens with one attached hydrogen (secondary N) is 1. The molecule has 0 aliphatic heterocycles. The van der Waals surface area contributed by atoms with E-state index < -0.39 is 15.9 Å². The number of carbonyl (C=O) groups excluding carboxylic acids is 1. The minimum atomic E-state index is -1.64. The number of aliphatic carboxylic acids is 1. The van der Waals surface area contributed by atoms with Gasteiger partial charge in [0.15, 0.2) is 0 Å². The molecule has 0 aromatic heterocycles. The third-order valence-corrected chi connectivity index (χ3v) is 9.65. The SMILES string of the molecule is C[C@]12CC[C@H]3[C@@H](CC[C@H]4CC=C[C@H](NC(=O)OCC(Cl)(Cl)Cl)[C@@]43C)[C@@H]1CC[C@@H]2C(=O)O. The van der Waals surface area contributed by atoms with E-state index in [0.717, 1.165) is 44.9 Å². The topological polar surface area (TPSA) is 75.6 Å². The molecule has 4 aliphatic carbocycles. The summed E-state index contributed by atoms with van der Waals surface area (Å²) in [4.78, 5) is 24.4. The fraction of sp³-hybridized carbons (Fsp3) is 0.826. The van der Waals surface area contributed by atoms with Gasteiger partial charge in [0.25, 0.3) is 0 Å². The molecule has 31 heavy (non-hydrogen) atoms. The second-order valence-electron chi connectivity index (χ2n) is 10.5. The summed E-state index contributed by atoms with van der Waals surface area (Å²) < 4.78 is 3.51. The zero-order valence-corrected chi connectivity index (χ0v) is 20.3. The van der Waals surface area contributed by atoms with Gasteiger partial charge >= 0.3 is 12.1 Å². The highest BCUT2D eigenvalue weighted by atomic mass is 35.6. The van der Waals surface area contributed by atoms with Gasteiger partial charge in [-0.05, 0) is 79.4 Å². The molecule has 0 radical (unpaired) electrons. The number of carbonyl (C=O) groups is 2. The summed E-state index contributed by atoms with van der Waals surface area (Å²) in [7, 11) is 0. The van der Waals surface area contributed by atoms with Crippen LogP contribution in [0.1, 0.15) is 58.8 Å². The minimum absolute atomic E-state index is 0.0979. The van der Waals surface area contributed by atoms with Gasteiger partial charge in [-0.25, -0.2) is 4.79 Å². The molecule has 0 saturated heterocycles. The van der Waals surface area contributed by atoms with Crippen LogP contribution in [-0.2, 0) is 9.53 Å². The van der Waals surface area contributed by atoms with Gasteiger partial charge < -0.3 is 15.2 Å². The molecule has 8 heteroatoms. The molecule has 0 unspecified atom stereocenters. The van der Waals surface area contributed by atoms with Crippen LogP contribution in [0.5, 0.6) is 0 Å². The van der Waals surface area contributed by atoms with Crippen molar-refractivity contribution in [1.82, 2.24) is 5.32 Å². The van der Waals surface area contributed by atoms with Crippen molar-refractivity contribution >= 4 is 46.9 Å². The van der Waals surface area contributed by atoms with Crippen LogP contribution in [0.25, 0.3) is 0 Å². The lowest BCUT2D eigenvalue weighted by Gasteiger charge is -2.61. The molecule has 2 N–H and O–H groups in total. The summed E-state index contributed by atoms with van der Waals surface area (Å²) in [5.41, 5.74) is -0.216. The Labute approximate surface area is 199 Å². The summed E-state index contributed by atoms with van der Waals surface area (Å²) in [6.45, 7) is 4.21. The number of hydrogen-bond donors (Lipinski definition) is 2. The van der Waals surface area contributed by atoms with Crippen LogP contribution < -0.4 is 5.32 Å². The van der Waals surface area contributed by atoms with Crippen molar-refractivity contribution in [3.63, 3.8) is 0 Å². The van der Waals surface area contributed by atoms with E-state index in [-0.39, 0.29) is 29.4 Å². The zero-order chi connectivity index (χ0) is 22.6. The van der Waals surface area contributed by atoms with Gasteiger partial charge in [-0.3, -0.25) is 4.79 Å². The van der Waals surface area contributed by atoms with Crippen molar-refractivity contribution < 1.29 is 19.4 Å². The third kappa shape index (κ3) is 4.08. The number of carboxylic acid groups (broad SMARTS) is 1. The van der Waals surface area contributed by atoms with E-state index in [1.165, 1.54) is 0 Å². The van der Waals surface area contributed by atoms with Crippen LogP contribution in [0.3, 0.4) is 0 Å². The van der Waals surface area contributed by atoms with E-state index in [9.17, 15) is 14.7 Å². The lowest BCUT2D eigenvalue weighted by atomic mass is 9.44.